The molecule has 0 spiro atoms. The predicted molar refractivity (Wildman–Crippen MR) is 72.1 cm³/mol. The fourth-order valence-corrected chi connectivity index (χ4v) is 2.99. The molecule has 4 nitrogen and oxygen atoms in total. The second-order valence-corrected chi connectivity index (χ2v) is 7.21. The first-order valence-electron chi connectivity index (χ1n) is 6.65. The zero-order valence-corrected chi connectivity index (χ0v) is 11.9. The Morgan fingerprint density at radius 1 is 1.24 bits per heavy atom. The molecule has 5 heteroatoms. The van der Waals surface area contributed by atoms with Crippen LogP contribution in [0, 0.1) is 0 Å². The van der Waals surface area contributed by atoms with Gasteiger partial charge in [0.2, 0.25) is 0 Å². The normalized spacial score (nSPS) is 18.1. The van der Waals surface area contributed by atoms with Crippen molar-refractivity contribution in [3.8, 4) is 0 Å². The first-order valence-corrected chi connectivity index (χ1v) is 8.71. The molecular formula is C12H26N2O2S. The van der Waals surface area contributed by atoms with Gasteiger partial charge in [-0.25, -0.2) is 8.42 Å². The van der Waals surface area contributed by atoms with Gasteiger partial charge in [0, 0.05) is 31.9 Å². The van der Waals surface area contributed by atoms with Gasteiger partial charge in [0.25, 0.3) is 0 Å². The van der Waals surface area contributed by atoms with Crippen molar-refractivity contribution in [2.75, 3.05) is 38.2 Å². The van der Waals surface area contributed by atoms with Crippen LogP contribution in [0.25, 0.3) is 0 Å². The van der Waals surface area contributed by atoms with Crippen LogP contribution in [0.1, 0.15) is 32.6 Å². The largest absolute Gasteiger partial charge is 0.314 e. The first-order chi connectivity index (χ1) is 8.03. The van der Waals surface area contributed by atoms with Crippen molar-refractivity contribution in [3.05, 3.63) is 0 Å². The van der Waals surface area contributed by atoms with Gasteiger partial charge in [-0.2, -0.15) is 0 Å². The Kier molecular flexibility index (Phi) is 6.44. The number of nitrogens with one attached hydrogen (secondary N) is 1. The fourth-order valence-electron chi connectivity index (χ4n) is 2.47. The highest BCUT2D eigenvalue weighted by Gasteiger charge is 2.20. The second-order valence-electron chi connectivity index (χ2n) is 4.95. The zero-order valence-electron chi connectivity index (χ0n) is 11.1. The van der Waals surface area contributed by atoms with Crippen molar-refractivity contribution < 1.29 is 8.42 Å². The molecule has 1 fully saturated rings. The Balaban J connectivity index is 2.11. The SMILES string of the molecule is CCN(CCNCCS(C)(=O)=O)C1CCCC1. The molecule has 0 unspecified atom stereocenters. The maximum absolute atomic E-state index is 10.9. The number of hydrogen-bond donors (Lipinski definition) is 1. The summed E-state index contributed by atoms with van der Waals surface area (Å²) in [6.07, 6.45) is 6.67. The van der Waals surface area contributed by atoms with E-state index in [1.807, 2.05) is 0 Å². The zero-order chi connectivity index (χ0) is 12.7. The third-order valence-corrected chi connectivity index (χ3v) is 4.42. The van der Waals surface area contributed by atoms with Crippen LogP contribution in [0.2, 0.25) is 0 Å². The van der Waals surface area contributed by atoms with Crippen molar-refractivity contribution in [2.45, 2.75) is 38.6 Å². The molecule has 1 N–H and O–H groups in total. The van der Waals surface area contributed by atoms with E-state index in [1.165, 1.54) is 31.9 Å². The van der Waals surface area contributed by atoms with E-state index in [1.54, 1.807) is 0 Å². The van der Waals surface area contributed by atoms with Crippen LogP contribution in [0.15, 0.2) is 0 Å². The fraction of sp³-hybridized carbons (Fsp3) is 1.00. The second kappa shape index (κ2) is 7.34. The summed E-state index contributed by atoms with van der Waals surface area (Å²) in [7, 11) is -2.82. The van der Waals surface area contributed by atoms with Gasteiger partial charge >= 0.3 is 0 Å². The molecule has 0 aromatic carbocycles. The molecule has 0 bridgehead atoms. The Labute approximate surface area is 106 Å². The number of nitrogens with zero attached hydrogens (tertiary/aromatic N) is 1. The van der Waals surface area contributed by atoms with Crippen molar-refractivity contribution in [3.63, 3.8) is 0 Å². The molecule has 1 aliphatic carbocycles. The molecule has 17 heavy (non-hydrogen) atoms. The summed E-state index contributed by atoms with van der Waals surface area (Å²) in [5.74, 6) is 0.239. The minimum Gasteiger partial charge on any atom is -0.314 e. The van der Waals surface area contributed by atoms with Gasteiger partial charge in [-0.3, -0.25) is 4.90 Å². The van der Waals surface area contributed by atoms with Crippen LogP contribution >= 0.6 is 0 Å². The summed E-state index contributed by atoms with van der Waals surface area (Å²) in [6, 6.07) is 0.761. The summed E-state index contributed by atoms with van der Waals surface area (Å²) in [4.78, 5) is 2.51. The molecular weight excluding hydrogens is 236 g/mol. The Morgan fingerprint density at radius 2 is 1.88 bits per heavy atom. The van der Waals surface area contributed by atoms with Gasteiger partial charge in [-0.15, -0.1) is 0 Å². The molecule has 1 aliphatic rings. The van der Waals surface area contributed by atoms with E-state index in [0.29, 0.717) is 6.54 Å². The summed E-state index contributed by atoms with van der Waals surface area (Å²) in [6.45, 7) is 5.79. The lowest BCUT2D eigenvalue weighted by atomic mass is 10.2. The van der Waals surface area contributed by atoms with E-state index < -0.39 is 9.84 Å². The minimum absolute atomic E-state index is 0.239. The van der Waals surface area contributed by atoms with Crippen LogP contribution in [0.5, 0.6) is 0 Å². The van der Waals surface area contributed by atoms with Crippen molar-refractivity contribution in [2.24, 2.45) is 0 Å². The molecule has 0 heterocycles. The molecule has 1 saturated carbocycles. The lowest BCUT2D eigenvalue weighted by Gasteiger charge is -2.27. The summed E-state index contributed by atoms with van der Waals surface area (Å²) in [5.41, 5.74) is 0. The monoisotopic (exact) mass is 262 g/mol. The van der Waals surface area contributed by atoms with Gasteiger partial charge in [0.1, 0.15) is 9.84 Å². The molecule has 1 rings (SSSR count). The van der Waals surface area contributed by atoms with E-state index in [9.17, 15) is 8.42 Å². The summed E-state index contributed by atoms with van der Waals surface area (Å²) < 4.78 is 21.9. The Morgan fingerprint density at radius 3 is 2.41 bits per heavy atom. The maximum atomic E-state index is 10.9. The quantitative estimate of drug-likeness (QED) is 0.660. The van der Waals surface area contributed by atoms with Crippen molar-refractivity contribution in [1.29, 1.82) is 0 Å². The molecule has 0 aromatic rings. The molecule has 0 saturated heterocycles. The Hall–Kier alpha value is -0.130. The average molecular weight is 262 g/mol. The summed E-state index contributed by atoms with van der Waals surface area (Å²) in [5, 5.41) is 3.21. The van der Waals surface area contributed by atoms with Gasteiger partial charge in [0.05, 0.1) is 5.75 Å². The predicted octanol–water partition coefficient (Wildman–Crippen LogP) is 0.885. The van der Waals surface area contributed by atoms with E-state index in [0.717, 1.165) is 25.7 Å². The lowest BCUT2D eigenvalue weighted by Crippen LogP contribution is -2.39. The number of likely N-dealkylation sites (N-methyl/N-ethyl adjacent to an activating group) is 1. The van der Waals surface area contributed by atoms with E-state index in [-0.39, 0.29) is 5.75 Å². The summed E-state index contributed by atoms with van der Waals surface area (Å²) >= 11 is 0. The third kappa shape index (κ3) is 6.38. The van der Waals surface area contributed by atoms with Gasteiger partial charge in [0.15, 0.2) is 0 Å². The topological polar surface area (TPSA) is 49.4 Å². The standard InChI is InChI=1S/C12H26N2O2S/c1-3-14(12-6-4-5-7-12)10-8-13-9-11-17(2,15)16/h12-13H,3-11H2,1-2H3. The highest BCUT2D eigenvalue weighted by atomic mass is 32.2. The van der Waals surface area contributed by atoms with Crippen LogP contribution < -0.4 is 5.32 Å². The van der Waals surface area contributed by atoms with Gasteiger partial charge in [-0.1, -0.05) is 19.8 Å². The highest BCUT2D eigenvalue weighted by Crippen LogP contribution is 2.22. The molecule has 0 aromatic heterocycles. The van der Waals surface area contributed by atoms with Gasteiger partial charge in [-0.05, 0) is 19.4 Å². The molecule has 0 aliphatic heterocycles. The number of hydrogen-bond acceptors (Lipinski definition) is 4. The van der Waals surface area contributed by atoms with E-state index in [2.05, 4.69) is 17.1 Å². The van der Waals surface area contributed by atoms with Crippen LogP contribution in [0.3, 0.4) is 0 Å². The van der Waals surface area contributed by atoms with E-state index >= 15 is 0 Å². The van der Waals surface area contributed by atoms with Crippen LogP contribution in [0.4, 0.5) is 0 Å². The smallest absolute Gasteiger partial charge is 0.148 e. The number of rotatable bonds is 8. The lowest BCUT2D eigenvalue weighted by molar-refractivity contribution is 0.210. The maximum Gasteiger partial charge on any atom is 0.148 e. The van der Waals surface area contributed by atoms with Gasteiger partial charge < -0.3 is 5.32 Å². The minimum atomic E-state index is -2.82. The van der Waals surface area contributed by atoms with Crippen molar-refractivity contribution in [1.82, 2.24) is 10.2 Å². The Bertz CT molecular complexity index is 298. The molecule has 0 atom stereocenters. The molecule has 0 radical (unpaired) electrons. The van der Waals surface area contributed by atoms with Crippen LogP contribution in [-0.2, 0) is 9.84 Å². The average Bonchev–Trinajstić information content (AvgIpc) is 2.75. The van der Waals surface area contributed by atoms with E-state index in [4.69, 9.17) is 0 Å². The molecule has 0 amide bonds. The first kappa shape index (κ1) is 14.9. The number of sulfone groups is 1. The van der Waals surface area contributed by atoms with Crippen LogP contribution in [-0.4, -0.2) is 57.5 Å². The highest BCUT2D eigenvalue weighted by molar-refractivity contribution is 7.90. The third-order valence-electron chi connectivity index (χ3n) is 3.47. The van der Waals surface area contributed by atoms with Crippen molar-refractivity contribution >= 4 is 9.84 Å². The molecule has 102 valence electrons.